The molecule has 0 unspecified atom stereocenters. The molecule has 0 bridgehead atoms. The third kappa shape index (κ3) is 5.68. The highest BCUT2D eigenvalue weighted by Crippen LogP contribution is 2.40. The molecule has 2 fully saturated rings. The third-order valence-corrected chi connectivity index (χ3v) is 8.01. The van der Waals surface area contributed by atoms with Gasteiger partial charge < -0.3 is 11.1 Å². The summed E-state index contributed by atoms with van der Waals surface area (Å²) in [5.41, 5.74) is 5.89. The lowest BCUT2D eigenvalue weighted by Gasteiger charge is -2.35. The Morgan fingerprint density at radius 1 is 1.21 bits per heavy atom. The smallest absolute Gasteiger partial charge is 0.257 e. The molecule has 3 N–H and O–H groups in total. The van der Waals surface area contributed by atoms with Gasteiger partial charge in [0.25, 0.3) is 11.8 Å². The normalized spacial score (nSPS) is 28.6. The number of aliphatic imine (C=N–C) groups is 1. The number of carbonyl (C=O) groups excluding carboxylic acids is 2. The summed E-state index contributed by atoms with van der Waals surface area (Å²) in [6.07, 6.45) is 14.3. The van der Waals surface area contributed by atoms with Crippen molar-refractivity contribution in [1.29, 1.82) is 0 Å². The van der Waals surface area contributed by atoms with Crippen LogP contribution in [0.2, 0.25) is 5.15 Å². The van der Waals surface area contributed by atoms with Crippen LogP contribution in [0.4, 0.5) is 0 Å². The van der Waals surface area contributed by atoms with Crippen molar-refractivity contribution in [1.82, 2.24) is 15.2 Å². The second kappa shape index (κ2) is 10.4. The van der Waals surface area contributed by atoms with E-state index in [1.165, 1.54) is 37.0 Å². The first-order valence-corrected chi connectivity index (χ1v) is 12.8. The molecule has 2 amide bonds. The molecule has 3 atom stereocenters. The van der Waals surface area contributed by atoms with Crippen molar-refractivity contribution >= 4 is 29.4 Å². The van der Waals surface area contributed by atoms with Crippen molar-refractivity contribution < 1.29 is 9.59 Å². The zero-order valence-corrected chi connectivity index (χ0v) is 20.3. The van der Waals surface area contributed by atoms with Gasteiger partial charge in [0.2, 0.25) is 0 Å². The van der Waals surface area contributed by atoms with Crippen LogP contribution in [0.1, 0.15) is 87.4 Å². The van der Waals surface area contributed by atoms with Crippen LogP contribution in [0.25, 0.3) is 0 Å². The Hall–Kier alpha value is -2.15. The van der Waals surface area contributed by atoms with Gasteiger partial charge in [-0.1, -0.05) is 56.5 Å². The summed E-state index contributed by atoms with van der Waals surface area (Å²) in [7, 11) is 1.73. The number of hydrogen-bond donors (Lipinski definition) is 2. The van der Waals surface area contributed by atoms with Gasteiger partial charge >= 0.3 is 0 Å². The second-order valence-corrected chi connectivity index (χ2v) is 10.6. The summed E-state index contributed by atoms with van der Waals surface area (Å²) in [4.78, 5) is 36.2. The molecule has 33 heavy (non-hydrogen) atoms. The fraction of sp³-hybridized carbons (Fsp3) is 0.680. The number of hydrogen-bond acceptors (Lipinski definition) is 5. The van der Waals surface area contributed by atoms with E-state index in [0.717, 1.165) is 38.5 Å². The van der Waals surface area contributed by atoms with Gasteiger partial charge in [0.1, 0.15) is 10.7 Å². The highest BCUT2D eigenvalue weighted by atomic mass is 35.5. The molecule has 3 aliphatic rings. The number of nitrogens with one attached hydrogen (secondary N) is 1. The minimum absolute atomic E-state index is 0.0356. The van der Waals surface area contributed by atoms with Crippen LogP contribution in [0.15, 0.2) is 23.3 Å². The molecule has 2 saturated carbocycles. The van der Waals surface area contributed by atoms with E-state index in [2.05, 4.69) is 10.3 Å². The van der Waals surface area contributed by atoms with Crippen molar-refractivity contribution in [3.8, 4) is 0 Å². The fourth-order valence-electron chi connectivity index (χ4n) is 5.97. The molecule has 0 radical (unpaired) electrons. The molecule has 7 nitrogen and oxygen atoms in total. The van der Waals surface area contributed by atoms with E-state index in [9.17, 15) is 9.59 Å². The van der Waals surface area contributed by atoms with E-state index >= 15 is 0 Å². The minimum atomic E-state index is -0.745. The van der Waals surface area contributed by atoms with Gasteiger partial charge in [0.05, 0.1) is 0 Å². The zero-order valence-electron chi connectivity index (χ0n) is 19.6. The fourth-order valence-corrected chi connectivity index (χ4v) is 6.15. The highest BCUT2D eigenvalue weighted by molar-refractivity contribution is 6.29. The summed E-state index contributed by atoms with van der Waals surface area (Å²) < 4.78 is 0. The number of likely N-dealkylation sites (N-methyl/N-ethyl adjacent to an activating group) is 1. The molecule has 0 spiro atoms. The minimum Gasteiger partial charge on any atom is -0.369 e. The Kier molecular flexibility index (Phi) is 7.57. The Labute approximate surface area is 201 Å². The van der Waals surface area contributed by atoms with Gasteiger partial charge in [0.15, 0.2) is 5.96 Å². The first kappa shape index (κ1) is 24.0. The van der Waals surface area contributed by atoms with Gasteiger partial charge in [-0.15, -0.1) is 0 Å². The molecule has 4 rings (SSSR count). The Morgan fingerprint density at radius 3 is 2.67 bits per heavy atom. The molecule has 1 aromatic rings. The quantitative estimate of drug-likeness (QED) is 0.576. The number of halogens is 1. The average molecular weight is 474 g/mol. The predicted octanol–water partition coefficient (Wildman–Crippen LogP) is 4.30. The van der Waals surface area contributed by atoms with Gasteiger partial charge in [0, 0.05) is 24.8 Å². The van der Waals surface area contributed by atoms with Crippen LogP contribution in [0, 0.1) is 11.8 Å². The second-order valence-electron chi connectivity index (χ2n) is 10.2. The van der Waals surface area contributed by atoms with Gasteiger partial charge in [-0.3, -0.25) is 14.5 Å². The van der Waals surface area contributed by atoms with E-state index in [-0.39, 0.29) is 17.9 Å². The number of pyridine rings is 1. The Morgan fingerprint density at radius 2 is 1.97 bits per heavy atom. The van der Waals surface area contributed by atoms with Crippen molar-refractivity contribution in [3.63, 3.8) is 0 Å². The number of amides is 2. The molecule has 1 aromatic heterocycles. The van der Waals surface area contributed by atoms with Gasteiger partial charge in [-0.05, 0) is 56.1 Å². The van der Waals surface area contributed by atoms with Crippen LogP contribution in [-0.4, -0.2) is 46.3 Å². The number of guanidine groups is 1. The van der Waals surface area contributed by atoms with Crippen molar-refractivity contribution in [2.75, 3.05) is 7.05 Å². The van der Waals surface area contributed by atoms with Gasteiger partial charge in [-0.25, -0.2) is 9.98 Å². The summed E-state index contributed by atoms with van der Waals surface area (Å²) in [6, 6.07) is 3.34. The molecule has 2 aliphatic carbocycles. The SMILES string of the molecule is CN1C(=O)[C@@](CCC2CCCCC2)(C[C@H]2CCC[C@@H](NC(=O)c3ccnc(Cl)c3)C2)N=C1N. The molecule has 8 heteroatoms. The Balaban J connectivity index is 1.41. The summed E-state index contributed by atoms with van der Waals surface area (Å²) in [5.74, 6) is 1.25. The molecule has 2 heterocycles. The van der Waals surface area contributed by atoms with Crippen LogP contribution in [-0.2, 0) is 4.79 Å². The molecule has 0 aromatic carbocycles. The molecular formula is C25H36ClN5O2. The number of nitrogens with two attached hydrogens (primary N) is 1. The maximum absolute atomic E-state index is 13.3. The standard InChI is InChI=1S/C25H36ClN5O2/c1-31-23(33)25(30-24(31)27,12-10-17-6-3-2-4-7-17)16-18-8-5-9-20(14-18)29-22(32)19-11-13-28-21(26)15-19/h11,13,15,17-18,20H,2-10,12,14,16H2,1H3,(H2,27,30)(H,29,32)/t18-,20+,25+/m0/s1. The number of nitrogens with zero attached hydrogens (tertiary/aromatic N) is 3. The van der Waals surface area contributed by atoms with Crippen molar-refractivity contribution in [3.05, 3.63) is 29.0 Å². The predicted molar refractivity (Wildman–Crippen MR) is 130 cm³/mol. The topological polar surface area (TPSA) is 101 Å². The first-order valence-electron chi connectivity index (χ1n) is 12.4. The Bertz CT molecular complexity index is 901. The van der Waals surface area contributed by atoms with E-state index in [1.807, 2.05) is 0 Å². The molecule has 180 valence electrons. The van der Waals surface area contributed by atoms with Gasteiger partial charge in [-0.2, -0.15) is 0 Å². The largest absolute Gasteiger partial charge is 0.369 e. The maximum atomic E-state index is 13.3. The van der Waals surface area contributed by atoms with Crippen LogP contribution < -0.4 is 11.1 Å². The molecule has 1 aliphatic heterocycles. The highest BCUT2D eigenvalue weighted by Gasteiger charge is 2.48. The number of rotatable bonds is 7. The van der Waals surface area contributed by atoms with E-state index in [4.69, 9.17) is 22.3 Å². The molecule has 0 saturated heterocycles. The van der Waals surface area contributed by atoms with Crippen molar-refractivity contribution in [2.24, 2.45) is 22.6 Å². The van der Waals surface area contributed by atoms with Crippen LogP contribution >= 0.6 is 11.6 Å². The average Bonchev–Trinajstić information content (AvgIpc) is 3.02. The lowest BCUT2D eigenvalue weighted by Crippen LogP contribution is -2.45. The van der Waals surface area contributed by atoms with Crippen LogP contribution in [0.3, 0.4) is 0 Å². The third-order valence-electron chi connectivity index (χ3n) is 7.80. The summed E-state index contributed by atoms with van der Waals surface area (Å²) in [5, 5.41) is 3.47. The first-order chi connectivity index (χ1) is 15.9. The maximum Gasteiger partial charge on any atom is 0.257 e. The number of aromatic nitrogens is 1. The zero-order chi connectivity index (χ0) is 23.4. The van der Waals surface area contributed by atoms with E-state index < -0.39 is 5.54 Å². The molecular weight excluding hydrogens is 438 g/mol. The number of carbonyl (C=O) groups is 2. The van der Waals surface area contributed by atoms with Crippen molar-refractivity contribution in [2.45, 2.75) is 88.6 Å². The van der Waals surface area contributed by atoms with Crippen LogP contribution in [0.5, 0.6) is 0 Å². The van der Waals surface area contributed by atoms with E-state index in [1.54, 1.807) is 25.4 Å². The lowest BCUT2D eigenvalue weighted by molar-refractivity contribution is -0.131. The van der Waals surface area contributed by atoms with E-state index in [0.29, 0.717) is 34.9 Å². The monoisotopic (exact) mass is 473 g/mol. The summed E-state index contributed by atoms with van der Waals surface area (Å²) in [6.45, 7) is 0. The lowest BCUT2D eigenvalue weighted by atomic mass is 9.74. The summed E-state index contributed by atoms with van der Waals surface area (Å²) >= 11 is 5.94.